The van der Waals surface area contributed by atoms with Crippen molar-refractivity contribution >= 4 is 17.5 Å². The summed E-state index contributed by atoms with van der Waals surface area (Å²) in [7, 11) is 4.00. The highest BCUT2D eigenvalue weighted by atomic mass is 35.5. The van der Waals surface area contributed by atoms with Crippen LogP contribution in [0.3, 0.4) is 0 Å². The Morgan fingerprint density at radius 3 is 2.44 bits per heavy atom. The van der Waals surface area contributed by atoms with Gasteiger partial charge in [-0.3, -0.25) is 4.79 Å². The van der Waals surface area contributed by atoms with Gasteiger partial charge in [-0.15, -0.1) is 0 Å². The van der Waals surface area contributed by atoms with Gasteiger partial charge >= 0.3 is 0 Å². The lowest BCUT2D eigenvalue weighted by molar-refractivity contribution is -0.123. The van der Waals surface area contributed by atoms with Crippen LogP contribution in [0.2, 0.25) is 5.02 Å². The number of hydrogen-bond donors (Lipinski definition) is 1. The Morgan fingerprint density at radius 1 is 1.33 bits per heavy atom. The maximum atomic E-state index is 12.2. The molecule has 0 heterocycles. The molecule has 0 radical (unpaired) electrons. The van der Waals surface area contributed by atoms with Gasteiger partial charge in [0.1, 0.15) is 0 Å². The first-order valence-electron chi connectivity index (χ1n) is 6.24. The minimum atomic E-state index is -0.295. The largest absolute Gasteiger partial charge is 0.354 e. The summed E-state index contributed by atoms with van der Waals surface area (Å²) >= 11 is 5.87. The first-order chi connectivity index (χ1) is 8.54. The van der Waals surface area contributed by atoms with Gasteiger partial charge in [-0.2, -0.15) is 0 Å². The lowest BCUT2D eigenvalue weighted by Gasteiger charge is -2.17. The Balaban J connectivity index is 1.98. The number of nitrogens with one attached hydrogen (secondary N) is 1. The van der Waals surface area contributed by atoms with E-state index in [0.717, 1.165) is 24.9 Å². The summed E-state index contributed by atoms with van der Waals surface area (Å²) in [6.07, 6.45) is 1.87. The van der Waals surface area contributed by atoms with Gasteiger partial charge in [0.15, 0.2) is 0 Å². The van der Waals surface area contributed by atoms with E-state index in [9.17, 15) is 4.79 Å². The van der Waals surface area contributed by atoms with Crippen LogP contribution < -0.4 is 5.32 Å². The van der Waals surface area contributed by atoms with Crippen LogP contribution in [0.25, 0.3) is 0 Å². The Labute approximate surface area is 113 Å². The highest BCUT2D eigenvalue weighted by Crippen LogP contribution is 2.48. The topological polar surface area (TPSA) is 32.3 Å². The van der Waals surface area contributed by atoms with Crippen LogP contribution in [-0.2, 0) is 10.2 Å². The smallest absolute Gasteiger partial charge is 0.230 e. The van der Waals surface area contributed by atoms with Gasteiger partial charge in [0.05, 0.1) is 5.41 Å². The number of carbonyl (C=O) groups excluding carboxylic acids is 1. The fourth-order valence-electron chi connectivity index (χ4n) is 2.10. The normalized spacial score (nSPS) is 16.7. The number of nitrogens with zero attached hydrogens (tertiary/aromatic N) is 1. The third-order valence-electron chi connectivity index (χ3n) is 3.43. The molecule has 0 aliphatic heterocycles. The van der Waals surface area contributed by atoms with Crippen LogP contribution in [0, 0.1) is 0 Å². The van der Waals surface area contributed by atoms with Crippen LogP contribution in [0.4, 0.5) is 0 Å². The molecule has 0 spiro atoms. The van der Waals surface area contributed by atoms with Crippen molar-refractivity contribution in [2.45, 2.75) is 18.3 Å². The van der Waals surface area contributed by atoms with Crippen LogP contribution in [-0.4, -0.2) is 38.0 Å². The summed E-state index contributed by atoms with van der Waals surface area (Å²) in [5.41, 5.74) is 0.783. The van der Waals surface area contributed by atoms with Crippen molar-refractivity contribution in [3.8, 4) is 0 Å². The van der Waals surface area contributed by atoms with E-state index in [1.807, 2.05) is 38.4 Å². The minimum Gasteiger partial charge on any atom is -0.354 e. The van der Waals surface area contributed by atoms with Crippen LogP contribution in [0.1, 0.15) is 18.4 Å². The van der Waals surface area contributed by atoms with Gasteiger partial charge in [0.25, 0.3) is 0 Å². The number of benzene rings is 1. The summed E-state index contributed by atoms with van der Waals surface area (Å²) in [6.45, 7) is 1.56. The molecule has 0 atom stereocenters. The molecule has 2 rings (SSSR count). The Kier molecular flexibility index (Phi) is 3.93. The standard InChI is InChI=1S/C14H19ClN2O/c1-17(2)10-9-16-13(18)14(7-8-14)11-3-5-12(15)6-4-11/h3-6H,7-10H2,1-2H3,(H,16,18). The van der Waals surface area contributed by atoms with E-state index in [2.05, 4.69) is 10.2 Å². The SMILES string of the molecule is CN(C)CCNC(=O)C1(c2ccc(Cl)cc2)CC1. The third kappa shape index (κ3) is 2.85. The summed E-state index contributed by atoms with van der Waals surface area (Å²) < 4.78 is 0. The summed E-state index contributed by atoms with van der Waals surface area (Å²) in [4.78, 5) is 14.3. The molecule has 0 unspecified atom stereocenters. The van der Waals surface area contributed by atoms with Crippen molar-refractivity contribution in [2.75, 3.05) is 27.2 Å². The lowest BCUT2D eigenvalue weighted by Crippen LogP contribution is -2.38. The molecule has 1 aliphatic carbocycles. The molecule has 98 valence electrons. The summed E-state index contributed by atoms with van der Waals surface area (Å²) in [5, 5.41) is 3.73. The Bertz CT molecular complexity index is 424. The average molecular weight is 267 g/mol. The highest BCUT2D eigenvalue weighted by molar-refractivity contribution is 6.30. The first-order valence-corrected chi connectivity index (χ1v) is 6.61. The van der Waals surface area contributed by atoms with Crippen LogP contribution in [0.15, 0.2) is 24.3 Å². The van der Waals surface area contributed by atoms with E-state index >= 15 is 0 Å². The first kappa shape index (κ1) is 13.4. The number of rotatable bonds is 5. The number of amides is 1. The van der Waals surface area contributed by atoms with E-state index in [0.29, 0.717) is 11.6 Å². The number of carbonyl (C=O) groups is 1. The summed E-state index contributed by atoms with van der Waals surface area (Å²) in [5.74, 6) is 0.145. The molecule has 0 bridgehead atoms. The van der Waals surface area contributed by atoms with Crippen molar-refractivity contribution < 1.29 is 4.79 Å². The molecule has 4 heteroatoms. The second-order valence-electron chi connectivity index (χ2n) is 5.15. The quantitative estimate of drug-likeness (QED) is 0.885. The predicted octanol–water partition coefficient (Wildman–Crippen LogP) is 2.05. The molecule has 18 heavy (non-hydrogen) atoms. The van der Waals surface area contributed by atoms with Gasteiger partial charge in [-0.25, -0.2) is 0 Å². The number of hydrogen-bond acceptors (Lipinski definition) is 2. The molecule has 1 aliphatic rings. The molecule has 0 saturated heterocycles. The third-order valence-corrected chi connectivity index (χ3v) is 3.68. The monoisotopic (exact) mass is 266 g/mol. The maximum absolute atomic E-state index is 12.2. The van der Waals surface area contributed by atoms with Crippen molar-refractivity contribution in [3.05, 3.63) is 34.9 Å². The minimum absolute atomic E-state index is 0.145. The van der Waals surface area contributed by atoms with Crippen molar-refractivity contribution in [1.82, 2.24) is 10.2 Å². The fourth-order valence-corrected chi connectivity index (χ4v) is 2.23. The molecule has 1 fully saturated rings. The molecule has 1 saturated carbocycles. The molecule has 1 N–H and O–H groups in total. The predicted molar refractivity (Wildman–Crippen MR) is 73.9 cm³/mol. The average Bonchev–Trinajstić information content (AvgIpc) is 3.10. The van der Waals surface area contributed by atoms with Crippen molar-refractivity contribution in [1.29, 1.82) is 0 Å². The van der Waals surface area contributed by atoms with Gasteiger partial charge < -0.3 is 10.2 Å². The van der Waals surface area contributed by atoms with Crippen LogP contribution in [0.5, 0.6) is 0 Å². The van der Waals surface area contributed by atoms with E-state index in [4.69, 9.17) is 11.6 Å². The van der Waals surface area contributed by atoms with Crippen LogP contribution >= 0.6 is 11.6 Å². The van der Waals surface area contributed by atoms with Gasteiger partial charge in [0, 0.05) is 18.1 Å². The molecular weight excluding hydrogens is 248 g/mol. The van der Waals surface area contributed by atoms with Crippen molar-refractivity contribution in [3.63, 3.8) is 0 Å². The number of halogens is 1. The van der Waals surface area contributed by atoms with Gasteiger partial charge in [-0.05, 0) is 44.6 Å². The molecule has 1 aromatic carbocycles. The van der Waals surface area contributed by atoms with Crippen molar-refractivity contribution in [2.24, 2.45) is 0 Å². The second-order valence-corrected chi connectivity index (χ2v) is 5.58. The maximum Gasteiger partial charge on any atom is 0.230 e. The number of likely N-dealkylation sites (N-methyl/N-ethyl adjacent to an activating group) is 1. The van der Waals surface area contributed by atoms with Gasteiger partial charge in [-0.1, -0.05) is 23.7 Å². The zero-order chi connectivity index (χ0) is 13.2. The summed E-state index contributed by atoms with van der Waals surface area (Å²) in [6, 6.07) is 7.62. The van der Waals surface area contributed by atoms with E-state index in [1.165, 1.54) is 0 Å². The Morgan fingerprint density at radius 2 is 1.94 bits per heavy atom. The Hall–Kier alpha value is -1.06. The highest BCUT2D eigenvalue weighted by Gasteiger charge is 2.50. The van der Waals surface area contributed by atoms with E-state index in [1.54, 1.807) is 0 Å². The zero-order valence-electron chi connectivity index (χ0n) is 10.9. The molecule has 3 nitrogen and oxygen atoms in total. The van der Waals surface area contributed by atoms with Gasteiger partial charge in [0.2, 0.25) is 5.91 Å². The molecule has 0 aromatic heterocycles. The molecular formula is C14H19ClN2O. The van der Waals surface area contributed by atoms with E-state index in [-0.39, 0.29) is 11.3 Å². The fraction of sp³-hybridized carbons (Fsp3) is 0.500. The zero-order valence-corrected chi connectivity index (χ0v) is 11.6. The molecule has 1 aromatic rings. The molecule has 1 amide bonds. The lowest BCUT2D eigenvalue weighted by atomic mass is 9.95. The second kappa shape index (κ2) is 5.29. The van der Waals surface area contributed by atoms with E-state index < -0.39 is 0 Å².